The van der Waals surface area contributed by atoms with E-state index in [-0.39, 0.29) is 0 Å². The van der Waals surface area contributed by atoms with Crippen molar-refractivity contribution in [1.29, 1.82) is 5.26 Å². The standard InChI is InChI=1S/C13H17N3O/c14-10-11-4-3-8-16-13(11)17-9-6-12-5-1-2-7-15-12/h3-4,8,12,15H,1-2,5-7,9H2. The van der Waals surface area contributed by atoms with Crippen LogP contribution in [0.25, 0.3) is 0 Å². The van der Waals surface area contributed by atoms with Gasteiger partial charge in [-0.05, 0) is 37.9 Å². The summed E-state index contributed by atoms with van der Waals surface area (Å²) in [7, 11) is 0. The van der Waals surface area contributed by atoms with E-state index in [1.54, 1.807) is 18.3 Å². The largest absolute Gasteiger partial charge is 0.477 e. The third-order valence-corrected chi connectivity index (χ3v) is 3.01. The summed E-state index contributed by atoms with van der Waals surface area (Å²) in [6.07, 6.45) is 6.41. The quantitative estimate of drug-likeness (QED) is 0.859. The maximum absolute atomic E-state index is 8.88. The molecular weight excluding hydrogens is 214 g/mol. The lowest BCUT2D eigenvalue weighted by Gasteiger charge is -2.23. The summed E-state index contributed by atoms with van der Waals surface area (Å²) in [4.78, 5) is 4.07. The maximum Gasteiger partial charge on any atom is 0.231 e. The van der Waals surface area contributed by atoms with Gasteiger partial charge in [0, 0.05) is 12.2 Å². The van der Waals surface area contributed by atoms with Crippen molar-refractivity contribution in [3.63, 3.8) is 0 Å². The Labute approximate surface area is 102 Å². The summed E-state index contributed by atoms with van der Waals surface area (Å²) in [6.45, 7) is 1.72. The zero-order chi connectivity index (χ0) is 11.9. The molecule has 1 fully saturated rings. The number of ether oxygens (including phenoxy) is 1. The van der Waals surface area contributed by atoms with Gasteiger partial charge in [0.15, 0.2) is 0 Å². The van der Waals surface area contributed by atoms with E-state index in [0.717, 1.165) is 13.0 Å². The van der Waals surface area contributed by atoms with Crippen LogP contribution in [0.5, 0.6) is 5.88 Å². The Balaban J connectivity index is 1.79. The summed E-state index contributed by atoms with van der Waals surface area (Å²) in [5.41, 5.74) is 0.504. The van der Waals surface area contributed by atoms with Crippen molar-refractivity contribution in [2.24, 2.45) is 0 Å². The summed E-state index contributed by atoms with van der Waals surface area (Å²) >= 11 is 0. The molecule has 1 aliphatic rings. The number of pyridine rings is 1. The van der Waals surface area contributed by atoms with Crippen molar-refractivity contribution in [1.82, 2.24) is 10.3 Å². The summed E-state index contributed by atoms with van der Waals surface area (Å²) < 4.78 is 5.56. The first-order chi connectivity index (χ1) is 8.40. The molecule has 0 aromatic carbocycles. The van der Waals surface area contributed by atoms with Gasteiger partial charge in [0.2, 0.25) is 5.88 Å². The predicted octanol–water partition coefficient (Wildman–Crippen LogP) is 1.86. The van der Waals surface area contributed by atoms with E-state index in [0.29, 0.717) is 24.1 Å². The molecule has 0 bridgehead atoms. The second-order valence-corrected chi connectivity index (χ2v) is 4.25. The highest BCUT2D eigenvalue weighted by Gasteiger charge is 2.12. The molecule has 1 unspecified atom stereocenters. The van der Waals surface area contributed by atoms with Crippen LogP contribution in [0.2, 0.25) is 0 Å². The lowest BCUT2D eigenvalue weighted by Crippen LogP contribution is -2.35. The number of nitriles is 1. The Morgan fingerprint density at radius 3 is 3.24 bits per heavy atom. The summed E-state index contributed by atoms with van der Waals surface area (Å²) in [6, 6.07) is 6.10. The Bertz CT molecular complexity index is 394. The molecule has 90 valence electrons. The molecule has 1 aromatic rings. The van der Waals surface area contributed by atoms with Crippen LogP contribution in [-0.4, -0.2) is 24.2 Å². The molecular formula is C13H17N3O. The fraction of sp³-hybridized carbons (Fsp3) is 0.538. The predicted molar refractivity (Wildman–Crippen MR) is 64.7 cm³/mol. The van der Waals surface area contributed by atoms with E-state index in [2.05, 4.69) is 16.4 Å². The number of aromatic nitrogens is 1. The van der Waals surface area contributed by atoms with Gasteiger partial charge in [0.05, 0.1) is 6.61 Å². The van der Waals surface area contributed by atoms with Crippen molar-refractivity contribution in [3.05, 3.63) is 23.9 Å². The highest BCUT2D eigenvalue weighted by molar-refractivity contribution is 5.36. The van der Waals surface area contributed by atoms with E-state index in [1.807, 2.05) is 0 Å². The monoisotopic (exact) mass is 231 g/mol. The molecule has 17 heavy (non-hydrogen) atoms. The average Bonchev–Trinajstić information content (AvgIpc) is 2.40. The maximum atomic E-state index is 8.88. The van der Waals surface area contributed by atoms with E-state index in [9.17, 15) is 0 Å². The van der Waals surface area contributed by atoms with Crippen molar-refractivity contribution >= 4 is 0 Å². The van der Waals surface area contributed by atoms with E-state index < -0.39 is 0 Å². The fourth-order valence-electron chi connectivity index (χ4n) is 2.06. The van der Waals surface area contributed by atoms with Gasteiger partial charge in [-0.25, -0.2) is 4.98 Å². The first-order valence-corrected chi connectivity index (χ1v) is 6.11. The van der Waals surface area contributed by atoms with Gasteiger partial charge < -0.3 is 10.1 Å². The Kier molecular flexibility index (Phi) is 4.34. The third-order valence-electron chi connectivity index (χ3n) is 3.01. The number of nitrogens with one attached hydrogen (secondary N) is 1. The smallest absolute Gasteiger partial charge is 0.231 e. The minimum atomic E-state index is 0.450. The number of hydrogen-bond donors (Lipinski definition) is 1. The highest BCUT2D eigenvalue weighted by atomic mass is 16.5. The van der Waals surface area contributed by atoms with E-state index in [4.69, 9.17) is 10.00 Å². The fourth-order valence-corrected chi connectivity index (χ4v) is 2.06. The van der Waals surface area contributed by atoms with Crippen LogP contribution in [0.1, 0.15) is 31.2 Å². The SMILES string of the molecule is N#Cc1cccnc1OCCC1CCCCN1. The molecule has 1 aromatic heterocycles. The van der Waals surface area contributed by atoms with Gasteiger partial charge in [0.25, 0.3) is 0 Å². The molecule has 4 heteroatoms. The second kappa shape index (κ2) is 6.21. The Hall–Kier alpha value is -1.60. The molecule has 1 saturated heterocycles. The molecule has 0 saturated carbocycles. The highest BCUT2D eigenvalue weighted by Crippen LogP contribution is 2.14. The minimum Gasteiger partial charge on any atom is -0.477 e. The van der Waals surface area contributed by atoms with Crippen molar-refractivity contribution in [2.45, 2.75) is 31.7 Å². The van der Waals surface area contributed by atoms with Gasteiger partial charge in [-0.1, -0.05) is 6.42 Å². The molecule has 2 heterocycles. The number of nitrogens with zero attached hydrogens (tertiary/aromatic N) is 2. The van der Waals surface area contributed by atoms with Gasteiger partial charge in [-0.3, -0.25) is 0 Å². The summed E-state index contributed by atoms with van der Waals surface area (Å²) in [5, 5.41) is 12.4. The first-order valence-electron chi connectivity index (χ1n) is 6.11. The lowest BCUT2D eigenvalue weighted by molar-refractivity contribution is 0.260. The van der Waals surface area contributed by atoms with Crippen LogP contribution in [0.15, 0.2) is 18.3 Å². The molecule has 0 amide bonds. The van der Waals surface area contributed by atoms with Crippen LogP contribution in [-0.2, 0) is 0 Å². The number of rotatable bonds is 4. The number of piperidine rings is 1. The molecule has 0 aliphatic carbocycles. The molecule has 1 atom stereocenters. The van der Waals surface area contributed by atoms with Crippen molar-refractivity contribution in [3.8, 4) is 11.9 Å². The van der Waals surface area contributed by atoms with Crippen LogP contribution in [0.3, 0.4) is 0 Å². The normalized spacial score (nSPS) is 19.6. The molecule has 1 aliphatic heterocycles. The zero-order valence-corrected chi connectivity index (χ0v) is 9.85. The first kappa shape index (κ1) is 11.9. The Morgan fingerprint density at radius 2 is 2.47 bits per heavy atom. The van der Waals surface area contributed by atoms with E-state index >= 15 is 0 Å². The molecule has 2 rings (SSSR count). The van der Waals surface area contributed by atoms with Crippen LogP contribution >= 0.6 is 0 Å². The van der Waals surface area contributed by atoms with Gasteiger partial charge in [-0.15, -0.1) is 0 Å². The van der Waals surface area contributed by atoms with Gasteiger partial charge >= 0.3 is 0 Å². The van der Waals surface area contributed by atoms with Crippen LogP contribution < -0.4 is 10.1 Å². The second-order valence-electron chi connectivity index (χ2n) is 4.25. The van der Waals surface area contributed by atoms with Crippen LogP contribution in [0.4, 0.5) is 0 Å². The summed E-state index contributed by atoms with van der Waals surface area (Å²) in [5.74, 6) is 0.450. The van der Waals surface area contributed by atoms with E-state index in [1.165, 1.54) is 19.3 Å². The third kappa shape index (κ3) is 3.43. The molecule has 1 N–H and O–H groups in total. The van der Waals surface area contributed by atoms with Crippen molar-refractivity contribution < 1.29 is 4.74 Å². The van der Waals surface area contributed by atoms with Crippen LogP contribution in [0, 0.1) is 11.3 Å². The van der Waals surface area contributed by atoms with Crippen molar-refractivity contribution in [2.75, 3.05) is 13.2 Å². The average molecular weight is 231 g/mol. The molecule has 0 spiro atoms. The van der Waals surface area contributed by atoms with Gasteiger partial charge in [-0.2, -0.15) is 5.26 Å². The Morgan fingerprint density at radius 1 is 1.53 bits per heavy atom. The molecule has 4 nitrogen and oxygen atoms in total. The van der Waals surface area contributed by atoms with Gasteiger partial charge in [0.1, 0.15) is 11.6 Å². The lowest BCUT2D eigenvalue weighted by atomic mass is 10.0. The minimum absolute atomic E-state index is 0.450. The topological polar surface area (TPSA) is 57.9 Å². The number of hydrogen-bond acceptors (Lipinski definition) is 4. The zero-order valence-electron chi connectivity index (χ0n) is 9.85. The molecule has 0 radical (unpaired) electrons.